The van der Waals surface area contributed by atoms with Crippen molar-refractivity contribution in [2.45, 2.75) is 0 Å². The van der Waals surface area contributed by atoms with Gasteiger partial charge in [-0.15, -0.1) is 0 Å². The highest BCUT2D eigenvalue weighted by Crippen LogP contribution is 2.42. The van der Waals surface area contributed by atoms with Gasteiger partial charge in [-0.2, -0.15) is 0 Å². The Balaban J connectivity index is 1.98. The van der Waals surface area contributed by atoms with E-state index in [0.29, 0.717) is 22.4 Å². The molecule has 0 saturated heterocycles. The number of ether oxygens (including phenoxy) is 2. The normalized spacial score (nSPS) is 11.2. The Kier molecular flexibility index (Phi) is 3.98. The molecule has 0 spiro atoms. The first-order valence-corrected chi connectivity index (χ1v) is 9.39. The molecule has 2 aromatic heterocycles. The maximum Gasteiger partial charge on any atom is 0.200 e. The Morgan fingerprint density at radius 1 is 0.690 bits per heavy atom. The number of nitrogens with zero attached hydrogens (tertiary/aromatic N) is 1. The van der Waals surface area contributed by atoms with E-state index in [1.807, 2.05) is 59.1 Å². The van der Waals surface area contributed by atoms with Gasteiger partial charge in [0, 0.05) is 29.6 Å². The molecule has 0 saturated carbocycles. The summed E-state index contributed by atoms with van der Waals surface area (Å²) in [6.45, 7) is 0. The van der Waals surface area contributed by atoms with Gasteiger partial charge in [0.25, 0.3) is 0 Å². The highest BCUT2D eigenvalue weighted by Gasteiger charge is 2.23. The smallest absolute Gasteiger partial charge is 0.200 e. The molecule has 0 amide bonds. The fraction of sp³-hybridized carbons (Fsp3) is 0.0800. The lowest BCUT2D eigenvalue weighted by Crippen LogP contribution is -2.09. The monoisotopic (exact) mass is 381 g/mol. The molecule has 4 heteroatoms. The fourth-order valence-electron chi connectivity index (χ4n) is 4.04. The van der Waals surface area contributed by atoms with Crippen molar-refractivity contribution in [1.82, 2.24) is 4.40 Å². The molecule has 0 fully saturated rings. The molecule has 0 aliphatic heterocycles. The van der Waals surface area contributed by atoms with Crippen LogP contribution >= 0.6 is 0 Å². The molecule has 0 bridgehead atoms. The van der Waals surface area contributed by atoms with Gasteiger partial charge in [-0.1, -0.05) is 60.7 Å². The molecule has 0 aliphatic rings. The first kappa shape index (κ1) is 17.3. The van der Waals surface area contributed by atoms with E-state index in [0.717, 1.165) is 27.6 Å². The van der Waals surface area contributed by atoms with E-state index in [9.17, 15) is 4.79 Å². The van der Waals surface area contributed by atoms with Gasteiger partial charge in [0.05, 0.1) is 30.5 Å². The van der Waals surface area contributed by atoms with Gasteiger partial charge in [-0.05, 0) is 11.1 Å². The molecule has 142 valence electrons. The van der Waals surface area contributed by atoms with Crippen LogP contribution in [0.15, 0.2) is 83.9 Å². The fourth-order valence-corrected chi connectivity index (χ4v) is 4.04. The van der Waals surface area contributed by atoms with Gasteiger partial charge in [0.15, 0.2) is 0 Å². The number of hydrogen-bond acceptors (Lipinski definition) is 3. The largest absolute Gasteiger partial charge is 0.496 e. The number of hydrogen-bond donors (Lipinski definition) is 0. The molecule has 3 aromatic carbocycles. The maximum absolute atomic E-state index is 13.5. The molecule has 0 atom stereocenters. The first-order chi connectivity index (χ1) is 14.2. The second kappa shape index (κ2) is 6.67. The number of rotatable bonds is 4. The number of pyridine rings is 1. The molecule has 0 unspecified atom stereocenters. The molecule has 0 N–H and O–H groups in total. The van der Waals surface area contributed by atoms with Gasteiger partial charge in [0.1, 0.15) is 11.5 Å². The highest BCUT2D eigenvalue weighted by molar-refractivity contribution is 6.11. The van der Waals surface area contributed by atoms with Crippen molar-refractivity contribution >= 4 is 16.3 Å². The van der Waals surface area contributed by atoms with E-state index < -0.39 is 0 Å². The SMILES string of the molecule is COc1cc(OC)c2c(=O)c(-c3ccccc3)cn3cc(-c4ccccc4)c1c23. The lowest BCUT2D eigenvalue weighted by atomic mass is 10.00. The van der Waals surface area contributed by atoms with E-state index in [4.69, 9.17) is 9.47 Å². The predicted octanol–water partition coefficient (Wildman–Crippen LogP) is 5.24. The molecule has 2 heterocycles. The summed E-state index contributed by atoms with van der Waals surface area (Å²) in [5.74, 6) is 1.20. The number of benzene rings is 3. The van der Waals surface area contributed by atoms with Crippen LogP contribution < -0.4 is 14.9 Å². The second-order valence-electron chi connectivity index (χ2n) is 6.93. The van der Waals surface area contributed by atoms with E-state index in [-0.39, 0.29) is 5.43 Å². The van der Waals surface area contributed by atoms with E-state index in [2.05, 4.69) is 18.3 Å². The van der Waals surface area contributed by atoms with Crippen LogP contribution in [0, 0.1) is 0 Å². The molecule has 29 heavy (non-hydrogen) atoms. The Morgan fingerprint density at radius 2 is 1.21 bits per heavy atom. The minimum absolute atomic E-state index is 0.0501. The average Bonchev–Trinajstić information content (AvgIpc) is 3.17. The molecule has 0 aliphatic carbocycles. The lowest BCUT2D eigenvalue weighted by Gasteiger charge is -2.12. The number of methoxy groups -OCH3 is 2. The lowest BCUT2D eigenvalue weighted by molar-refractivity contribution is 0.400. The summed E-state index contributed by atoms with van der Waals surface area (Å²) in [7, 11) is 3.22. The average molecular weight is 381 g/mol. The van der Waals surface area contributed by atoms with Crippen molar-refractivity contribution in [3.05, 3.63) is 89.3 Å². The van der Waals surface area contributed by atoms with Crippen molar-refractivity contribution in [3.63, 3.8) is 0 Å². The molecule has 5 aromatic rings. The van der Waals surface area contributed by atoms with E-state index >= 15 is 0 Å². The molecule has 5 rings (SSSR count). The summed E-state index contributed by atoms with van der Waals surface area (Å²) >= 11 is 0. The van der Waals surface area contributed by atoms with Crippen molar-refractivity contribution in [2.75, 3.05) is 14.2 Å². The molecule has 0 radical (unpaired) electrons. The third-order valence-corrected chi connectivity index (χ3v) is 5.37. The minimum Gasteiger partial charge on any atom is -0.496 e. The minimum atomic E-state index is -0.0501. The van der Waals surface area contributed by atoms with Gasteiger partial charge in [0.2, 0.25) is 5.43 Å². The summed E-state index contributed by atoms with van der Waals surface area (Å²) in [5, 5.41) is 1.47. The Bertz CT molecular complexity index is 1370. The van der Waals surface area contributed by atoms with Crippen molar-refractivity contribution in [2.24, 2.45) is 0 Å². The Labute approximate surface area is 167 Å². The predicted molar refractivity (Wildman–Crippen MR) is 116 cm³/mol. The third kappa shape index (κ3) is 2.57. The van der Waals surface area contributed by atoms with Crippen molar-refractivity contribution < 1.29 is 9.47 Å². The van der Waals surface area contributed by atoms with Gasteiger partial charge < -0.3 is 13.9 Å². The first-order valence-electron chi connectivity index (χ1n) is 9.39. The second-order valence-corrected chi connectivity index (χ2v) is 6.93. The van der Waals surface area contributed by atoms with Gasteiger partial charge in [-0.3, -0.25) is 4.79 Å². The van der Waals surface area contributed by atoms with Crippen LogP contribution in [-0.4, -0.2) is 18.6 Å². The van der Waals surface area contributed by atoms with Crippen LogP contribution in [0.5, 0.6) is 11.5 Å². The molecule has 4 nitrogen and oxygen atoms in total. The van der Waals surface area contributed by atoms with Crippen LogP contribution in [0.4, 0.5) is 0 Å². The summed E-state index contributed by atoms with van der Waals surface area (Å²) in [6.07, 6.45) is 3.96. The van der Waals surface area contributed by atoms with Crippen LogP contribution in [0.3, 0.4) is 0 Å². The summed E-state index contributed by atoms with van der Waals surface area (Å²) in [5.41, 5.74) is 4.35. The zero-order valence-electron chi connectivity index (χ0n) is 16.2. The van der Waals surface area contributed by atoms with Crippen molar-refractivity contribution in [3.8, 4) is 33.8 Å². The zero-order chi connectivity index (χ0) is 20.0. The van der Waals surface area contributed by atoms with Crippen LogP contribution in [0.1, 0.15) is 0 Å². The van der Waals surface area contributed by atoms with Gasteiger partial charge in [-0.25, -0.2) is 0 Å². The van der Waals surface area contributed by atoms with Crippen LogP contribution in [0.2, 0.25) is 0 Å². The topological polar surface area (TPSA) is 39.9 Å². The quantitative estimate of drug-likeness (QED) is 0.427. The van der Waals surface area contributed by atoms with E-state index in [1.165, 1.54) is 0 Å². The summed E-state index contributed by atoms with van der Waals surface area (Å²) in [4.78, 5) is 13.5. The van der Waals surface area contributed by atoms with Crippen LogP contribution in [0.25, 0.3) is 38.5 Å². The Hall–Kier alpha value is -3.79. The van der Waals surface area contributed by atoms with Crippen molar-refractivity contribution in [1.29, 1.82) is 0 Å². The highest BCUT2D eigenvalue weighted by atomic mass is 16.5. The standard InChI is InChI=1S/C25H19NO3/c1-28-20-13-21(29-2)23-24-22(20)18(16-9-5-3-6-10-16)14-26(24)15-19(25(23)27)17-11-7-4-8-12-17/h3-15H,1-2H3. The zero-order valence-corrected chi connectivity index (χ0v) is 16.2. The maximum atomic E-state index is 13.5. The molecular weight excluding hydrogens is 362 g/mol. The van der Waals surface area contributed by atoms with Gasteiger partial charge >= 0.3 is 0 Å². The summed E-state index contributed by atoms with van der Waals surface area (Å²) in [6, 6.07) is 21.6. The van der Waals surface area contributed by atoms with E-state index in [1.54, 1.807) is 20.3 Å². The Morgan fingerprint density at radius 3 is 1.79 bits per heavy atom. The number of aromatic nitrogens is 1. The third-order valence-electron chi connectivity index (χ3n) is 5.37. The van der Waals surface area contributed by atoms with Crippen LogP contribution in [-0.2, 0) is 0 Å². The summed E-state index contributed by atoms with van der Waals surface area (Å²) < 4.78 is 13.3. The molecular formula is C25H19NO3.